The molecule has 152 valence electrons. The maximum atomic E-state index is 12.1. The standard InChI is InChI=1S/C22H19ClN4O2S/c1-3-9-27-21(15-5-7-24-8-6-15)25-26-22(27)30-13-16-11-20(28)29-19-10-14(4-2)18(23)12-17(16)19/h3,5-8,10-12H,1,4,9,13H2,2H3. The molecule has 0 amide bonds. The molecule has 0 fully saturated rings. The Morgan fingerprint density at radius 2 is 2.00 bits per heavy atom. The first-order chi connectivity index (χ1) is 14.6. The van der Waals surface area contributed by atoms with Gasteiger partial charge in [-0.1, -0.05) is 36.4 Å². The normalized spacial score (nSPS) is 11.1. The molecule has 1 aromatic carbocycles. The third-order valence-electron chi connectivity index (χ3n) is 4.70. The summed E-state index contributed by atoms with van der Waals surface area (Å²) in [6, 6.07) is 9.00. The summed E-state index contributed by atoms with van der Waals surface area (Å²) in [4.78, 5) is 16.2. The minimum atomic E-state index is -0.382. The zero-order chi connectivity index (χ0) is 21.1. The minimum Gasteiger partial charge on any atom is -0.423 e. The van der Waals surface area contributed by atoms with Crippen LogP contribution >= 0.6 is 23.4 Å². The van der Waals surface area contributed by atoms with Crippen LogP contribution in [0.2, 0.25) is 5.02 Å². The van der Waals surface area contributed by atoms with Crippen molar-refractivity contribution in [3.63, 3.8) is 0 Å². The molecule has 30 heavy (non-hydrogen) atoms. The van der Waals surface area contributed by atoms with E-state index in [2.05, 4.69) is 21.8 Å². The highest BCUT2D eigenvalue weighted by atomic mass is 35.5. The van der Waals surface area contributed by atoms with E-state index in [1.165, 1.54) is 17.8 Å². The zero-order valence-corrected chi connectivity index (χ0v) is 17.9. The van der Waals surface area contributed by atoms with Crippen molar-refractivity contribution in [1.29, 1.82) is 0 Å². The van der Waals surface area contributed by atoms with Crippen LogP contribution in [0.4, 0.5) is 0 Å². The van der Waals surface area contributed by atoms with E-state index in [4.69, 9.17) is 16.0 Å². The Bertz CT molecular complexity index is 1270. The van der Waals surface area contributed by atoms with Gasteiger partial charge in [-0.3, -0.25) is 9.55 Å². The fourth-order valence-electron chi connectivity index (χ4n) is 3.23. The molecule has 0 atom stereocenters. The molecule has 0 saturated heterocycles. The number of nitrogens with zero attached hydrogens (tertiary/aromatic N) is 4. The molecule has 3 aromatic heterocycles. The highest BCUT2D eigenvalue weighted by Gasteiger charge is 2.15. The van der Waals surface area contributed by atoms with Crippen molar-refractivity contribution < 1.29 is 4.42 Å². The lowest BCUT2D eigenvalue weighted by atomic mass is 10.1. The molecule has 0 N–H and O–H groups in total. The number of aromatic nitrogens is 4. The van der Waals surface area contributed by atoms with Crippen molar-refractivity contribution in [2.75, 3.05) is 0 Å². The minimum absolute atomic E-state index is 0.382. The Kier molecular flexibility index (Phi) is 6.01. The number of fused-ring (bicyclic) bond motifs is 1. The summed E-state index contributed by atoms with van der Waals surface area (Å²) in [7, 11) is 0. The average molecular weight is 439 g/mol. The molecule has 0 aliphatic heterocycles. The fourth-order valence-corrected chi connectivity index (χ4v) is 4.46. The Balaban J connectivity index is 1.69. The predicted molar refractivity (Wildman–Crippen MR) is 120 cm³/mol. The van der Waals surface area contributed by atoms with Gasteiger partial charge in [-0.2, -0.15) is 0 Å². The lowest BCUT2D eigenvalue weighted by molar-refractivity contribution is 0.559. The summed E-state index contributed by atoms with van der Waals surface area (Å²) < 4.78 is 7.39. The van der Waals surface area contributed by atoms with Crippen LogP contribution in [0.3, 0.4) is 0 Å². The van der Waals surface area contributed by atoms with Crippen molar-refractivity contribution >= 4 is 34.3 Å². The third-order valence-corrected chi connectivity index (χ3v) is 6.07. The summed E-state index contributed by atoms with van der Waals surface area (Å²) in [5, 5.41) is 10.9. The van der Waals surface area contributed by atoms with Crippen molar-refractivity contribution in [2.45, 2.75) is 30.8 Å². The van der Waals surface area contributed by atoms with Crippen LogP contribution in [0.5, 0.6) is 0 Å². The molecule has 0 bridgehead atoms. The quantitative estimate of drug-likeness (QED) is 0.226. The van der Waals surface area contributed by atoms with Gasteiger partial charge < -0.3 is 4.42 Å². The van der Waals surface area contributed by atoms with Gasteiger partial charge in [0.1, 0.15) is 5.58 Å². The van der Waals surface area contributed by atoms with E-state index >= 15 is 0 Å². The first kappa shape index (κ1) is 20.4. The molecule has 0 radical (unpaired) electrons. The predicted octanol–water partition coefficient (Wildman–Crippen LogP) is 5.14. The van der Waals surface area contributed by atoms with E-state index in [0.29, 0.717) is 22.9 Å². The highest BCUT2D eigenvalue weighted by Crippen LogP contribution is 2.31. The van der Waals surface area contributed by atoms with E-state index in [0.717, 1.165) is 39.5 Å². The molecule has 8 heteroatoms. The van der Waals surface area contributed by atoms with Gasteiger partial charge in [0.15, 0.2) is 11.0 Å². The number of hydrogen-bond acceptors (Lipinski definition) is 6. The Morgan fingerprint density at radius 3 is 2.73 bits per heavy atom. The van der Waals surface area contributed by atoms with Gasteiger partial charge >= 0.3 is 5.63 Å². The molecule has 0 saturated carbocycles. The third kappa shape index (κ3) is 4.04. The van der Waals surface area contributed by atoms with Gasteiger partial charge in [0.05, 0.1) is 0 Å². The van der Waals surface area contributed by atoms with Gasteiger partial charge in [-0.25, -0.2) is 4.79 Å². The second-order valence-corrected chi connectivity index (χ2v) is 7.96. The maximum Gasteiger partial charge on any atom is 0.336 e. The molecule has 4 rings (SSSR count). The van der Waals surface area contributed by atoms with E-state index in [-0.39, 0.29) is 5.63 Å². The molecular weight excluding hydrogens is 420 g/mol. The highest BCUT2D eigenvalue weighted by molar-refractivity contribution is 7.98. The number of pyridine rings is 1. The van der Waals surface area contributed by atoms with Crippen molar-refractivity contribution in [3.8, 4) is 11.4 Å². The summed E-state index contributed by atoms with van der Waals surface area (Å²) >= 11 is 7.90. The van der Waals surface area contributed by atoms with Crippen LogP contribution in [0.15, 0.2) is 69.7 Å². The van der Waals surface area contributed by atoms with Gasteiger partial charge in [-0.15, -0.1) is 16.8 Å². The summed E-state index contributed by atoms with van der Waals surface area (Å²) in [6.45, 7) is 6.42. The molecule has 0 spiro atoms. The first-order valence-electron chi connectivity index (χ1n) is 9.43. The first-order valence-corrected chi connectivity index (χ1v) is 10.8. The number of benzene rings is 1. The SMILES string of the molecule is C=CCn1c(SCc2cc(=O)oc3cc(CC)c(Cl)cc23)nnc1-c1ccncc1. The lowest BCUT2D eigenvalue weighted by Crippen LogP contribution is -2.03. The van der Waals surface area contributed by atoms with Gasteiger partial charge in [-0.05, 0) is 41.8 Å². The molecule has 4 aromatic rings. The van der Waals surface area contributed by atoms with Crippen molar-refractivity contribution in [1.82, 2.24) is 19.7 Å². The van der Waals surface area contributed by atoms with E-state index in [1.54, 1.807) is 18.5 Å². The number of rotatable bonds is 7. The van der Waals surface area contributed by atoms with Crippen LogP contribution in [0.25, 0.3) is 22.4 Å². The molecule has 0 aliphatic carbocycles. The van der Waals surface area contributed by atoms with Crippen LogP contribution in [-0.4, -0.2) is 19.7 Å². The zero-order valence-electron chi connectivity index (χ0n) is 16.3. The number of halogens is 1. The van der Waals surface area contributed by atoms with Gasteiger partial charge in [0.2, 0.25) is 0 Å². The van der Waals surface area contributed by atoms with E-state index in [1.807, 2.05) is 35.8 Å². The Hall–Kier alpha value is -2.90. The summed E-state index contributed by atoms with van der Waals surface area (Å²) in [5.41, 5.74) is 2.88. The number of allylic oxidation sites excluding steroid dienone is 1. The fraction of sp³-hybridized carbons (Fsp3) is 0.182. The van der Waals surface area contributed by atoms with Gasteiger partial charge in [0, 0.05) is 46.7 Å². The Morgan fingerprint density at radius 1 is 1.20 bits per heavy atom. The van der Waals surface area contributed by atoms with Crippen LogP contribution < -0.4 is 5.63 Å². The smallest absolute Gasteiger partial charge is 0.336 e. The molecule has 0 unspecified atom stereocenters. The average Bonchev–Trinajstić information content (AvgIpc) is 3.15. The second-order valence-electron chi connectivity index (χ2n) is 6.61. The van der Waals surface area contributed by atoms with Crippen molar-refractivity contribution in [3.05, 3.63) is 82.0 Å². The van der Waals surface area contributed by atoms with Crippen molar-refractivity contribution in [2.24, 2.45) is 0 Å². The maximum absolute atomic E-state index is 12.1. The van der Waals surface area contributed by atoms with Crippen LogP contribution in [0, 0.1) is 0 Å². The lowest BCUT2D eigenvalue weighted by Gasteiger charge is -2.10. The topological polar surface area (TPSA) is 73.8 Å². The molecular formula is C22H19ClN4O2S. The number of aryl methyl sites for hydroxylation is 1. The van der Waals surface area contributed by atoms with Crippen LogP contribution in [0.1, 0.15) is 18.1 Å². The number of thioether (sulfide) groups is 1. The summed E-state index contributed by atoms with van der Waals surface area (Å²) in [6.07, 6.45) is 6.01. The summed E-state index contributed by atoms with van der Waals surface area (Å²) in [5.74, 6) is 1.27. The molecule has 0 aliphatic rings. The molecule has 6 nitrogen and oxygen atoms in total. The Labute approximate surface area is 182 Å². The molecule has 3 heterocycles. The van der Waals surface area contributed by atoms with Gasteiger partial charge in [0.25, 0.3) is 0 Å². The monoisotopic (exact) mass is 438 g/mol. The van der Waals surface area contributed by atoms with E-state index < -0.39 is 0 Å². The number of hydrogen-bond donors (Lipinski definition) is 0. The largest absolute Gasteiger partial charge is 0.423 e. The second kappa shape index (κ2) is 8.85. The van der Waals surface area contributed by atoms with E-state index in [9.17, 15) is 4.79 Å². The van der Waals surface area contributed by atoms with Crippen LogP contribution in [-0.2, 0) is 18.7 Å².